The topological polar surface area (TPSA) is 23.5 Å². The van der Waals surface area contributed by atoms with Crippen molar-refractivity contribution in [2.45, 2.75) is 39.7 Å². The minimum Gasteiger partial charge on any atom is -0.392 e. The fraction of sp³-hybridized carbons (Fsp3) is 0.600. The quantitative estimate of drug-likeness (QED) is 0.880. The molecule has 1 heterocycles. The summed E-state index contributed by atoms with van der Waals surface area (Å²) in [7, 11) is 0. The second kappa shape index (κ2) is 5.50. The number of halogens is 1. The van der Waals surface area contributed by atoms with Gasteiger partial charge in [-0.1, -0.05) is 25.4 Å². The predicted octanol–water partition coefficient (Wildman–Crippen LogP) is 3.85. The molecule has 0 aliphatic carbocycles. The van der Waals surface area contributed by atoms with E-state index >= 15 is 0 Å². The van der Waals surface area contributed by atoms with Gasteiger partial charge in [-0.05, 0) is 42.9 Å². The minimum atomic E-state index is 0.0514. The summed E-state index contributed by atoms with van der Waals surface area (Å²) in [5.41, 5.74) is 2.50. The van der Waals surface area contributed by atoms with Crippen molar-refractivity contribution in [3.8, 4) is 0 Å². The molecule has 0 atom stereocenters. The Labute approximate surface area is 115 Å². The van der Waals surface area contributed by atoms with Crippen molar-refractivity contribution < 1.29 is 5.11 Å². The highest BCUT2D eigenvalue weighted by Gasteiger charge is 2.23. The van der Waals surface area contributed by atoms with E-state index in [1.807, 2.05) is 18.2 Å². The molecule has 1 fully saturated rings. The van der Waals surface area contributed by atoms with E-state index < -0.39 is 0 Å². The average molecular weight is 268 g/mol. The fourth-order valence-electron chi connectivity index (χ4n) is 2.65. The van der Waals surface area contributed by atoms with Crippen LogP contribution in [0.25, 0.3) is 0 Å². The molecular formula is C15H22ClNO. The molecule has 0 saturated carbocycles. The summed E-state index contributed by atoms with van der Waals surface area (Å²) in [6.45, 7) is 6.85. The van der Waals surface area contributed by atoms with Gasteiger partial charge < -0.3 is 10.0 Å². The van der Waals surface area contributed by atoms with E-state index in [2.05, 4.69) is 18.7 Å². The second-order valence-corrected chi connectivity index (χ2v) is 6.37. The standard InChI is InChI=1S/C15H22ClNO/c1-15(2)6-3-8-17(9-7-15)14-5-4-13(16)10-12(14)11-18/h4-5,10,18H,3,6-9,11H2,1-2H3. The van der Waals surface area contributed by atoms with E-state index in [1.54, 1.807) is 0 Å². The molecular weight excluding hydrogens is 246 g/mol. The molecule has 2 rings (SSSR count). The van der Waals surface area contributed by atoms with E-state index in [9.17, 15) is 5.11 Å². The minimum absolute atomic E-state index is 0.0514. The van der Waals surface area contributed by atoms with Crippen LogP contribution in [0.15, 0.2) is 18.2 Å². The lowest BCUT2D eigenvalue weighted by molar-refractivity contribution is 0.282. The lowest BCUT2D eigenvalue weighted by Gasteiger charge is -2.26. The molecule has 0 radical (unpaired) electrons. The highest BCUT2D eigenvalue weighted by Crippen LogP contribution is 2.33. The van der Waals surface area contributed by atoms with Crippen molar-refractivity contribution in [1.29, 1.82) is 0 Å². The molecule has 0 bridgehead atoms. The van der Waals surface area contributed by atoms with Crippen LogP contribution in [0.1, 0.15) is 38.7 Å². The monoisotopic (exact) mass is 267 g/mol. The SMILES string of the molecule is CC1(C)CCCN(c2ccc(Cl)cc2CO)CC1. The maximum Gasteiger partial charge on any atom is 0.0702 e. The fourth-order valence-corrected chi connectivity index (χ4v) is 2.85. The largest absolute Gasteiger partial charge is 0.392 e. The van der Waals surface area contributed by atoms with Gasteiger partial charge in [0, 0.05) is 29.4 Å². The Morgan fingerprint density at radius 2 is 2.06 bits per heavy atom. The van der Waals surface area contributed by atoms with Gasteiger partial charge in [-0.15, -0.1) is 0 Å². The molecule has 1 aliphatic rings. The summed E-state index contributed by atoms with van der Waals surface area (Å²) in [4.78, 5) is 2.39. The first-order chi connectivity index (χ1) is 8.52. The van der Waals surface area contributed by atoms with Crippen molar-refractivity contribution in [3.05, 3.63) is 28.8 Å². The third-order valence-electron chi connectivity index (χ3n) is 3.89. The average Bonchev–Trinajstić information content (AvgIpc) is 2.50. The van der Waals surface area contributed by atoms with Crippen LogP contribution in [0.3, 0.4) is 0 Å². The van der Waals surface area contributed by atoms with Gasteiger partial charge in [0.25, 0.3) is 0 Å². The number of benzene rings is 1. The van der Waals surface area contributed by atoms with Crippen molar-refractivity contribution in [3.63, 3.8) is 0 Å². The molecule has 18 heavy (non-hydrogen) atoms. The summed E-state index contributed by atoms with van der Waals surface area (Å²) in [6, 6.07) is 5.81. The van der Waals surface area contributed by atoms with Gasteiger partial charge in [-0.3, -0.25) is 0 Å². The number of aliphatic hydroxyl groups excluding tert-OH is 1. The molecule has 1 aliphatic heterocycles. The molecule has 0 amide bonds. The molecule has 0 aromatic heterocycles. The highest BCUT2D eigenvalue weighted by molar-refractivity contribution is 6.30. The van der Waals surface area contributed by atoms with Crippen LogP contribution < -0.4 is 4.90 Å². The van der Waals surface area contributed by atoms with E-state index in [4.69, 9.17) is 11.6 Å². The molecule has 1 N–H and O–H groups in total. The van der Waals surface area contributed by atoms with Crippen LogP contribution in [0.5, 0.6) is 0 Å². The van der Waals surface area contributed by atoms with Crippen LogP contribution in [0, 0.1) is 5.41 Å². The Morgan fingerprint density at radius 3 is 2.78 bits per heavy atom. The summed E-state index contributed by atoms with van der Waals surface area (Å²) < 4.78 is 0. The Bertz CT molecular complexity index is 417. The van der Waals surface area contributed by atoms with Gasteiger partial charge in [-0.2, -0.15) is 0 Å². The number of hydrogen-bond acceptors (Lipinski definition) is 2. The summed E-state index contributed by atoms with van der Waals surface area (Å²) in [5.74, 6) is 0. The molecule has 1 aromatic rings. The Balaban J connectivity index is 2.21. The van der Waals surface area contributed by atoms with Crippen LogP contribution in [0.4, 0.5) is 5.69 Å². The maximum absolute atomic E-state index is 9.46. The zero-order valence-electron chi connectivity index (χ0n) is 11.2. The third-order valence-corrected chi connectivity index (χ3v) is 4.13. The van der Waals surface area contributed by atoms with Gasteiger partial charge in [0.15, 0.2) is 0 Å². The van der Waals surface area contributed by atoms with Gasteiger partial charge in [-0.25, -0.2) is 0 Å². The summed E-state index contributed by atoms with van der Waals surface area (Å²) in [5, 5.41) is 10.2. The van der Waals surface area contributed by atoms with E-state index in [0.29, 0.717) is 10.4 Å². The molecule has 2 nitrogen and oxygen atoms in total. The first kappa shape index (κ1) is 13.7. The smallest absolute Gasteiger partial charge is 0.0702 e. The Hall–Kier alpha value is -0.730. The van der Waals surface area contributed by atoms with E-state index in [-0.39, 0.29) is 6.61 Å². The molecule has 100 valence electrons. The first-order valence-corrected chi connectivity index (χ1v) is 7.04. The van der Waals surface area contributed by atoms with Gasteiger partial charge >= 0.3 is 0 Å². The number of hydrogen-bond donors (Lipinski definition) is 1. The van der Waals surface area contributed by atoms with E-state index in [1.165, 1.54) is 19.3 Å². The second-order valence-electron chi connectivity index (χ2n) is 5.94. The number of aliphatic hydroxyl groups is 1. The summed E-state index contributed by atoms with van der Waals surface area (Å²) in [6.07, 6.45) is 3.67. The van der Waals surface area contributed by atoms with Crippen LogP contribution in [-0.2, 0) is 6.61 Å². The molecule has 0 spiro atoms. The van der Waals surface area contributed by atoms with Crippen molar-refractivity contribution in [2.24, 2.45) is 5.41 Å². The number of rotatable bonds is 2. The first-order valence-electron chi connectivity index (χ1n) is 6.66. The highest BCUT2D eigenvalue weighted by atomic mass is 35.5. The normalized spacial score (nSPS) is 19.7. The molecule has 3 heteroatoms. The zero-order chi connectivity index (χ0) is 13.2. The van der Waals surface area contributed by atoms with Crippen molar-refractivity contribution >= 4 is 17.3 Å². The Kier molecular flexibility index (Phi) is 4.18. The molecule has 1 saturated heterocycles. The third kappa shape index (κ3) is 3.18. The molecule has 0 unspecified atom stereocenters. The zero-order valence-corrected chi connectivity index (χ0v) is 12.0. The summed E-state index contributed by atoms with van der Waals surface area (Å²) >= 11 is 5.98. The number of nitrogens with zero attached hydrogens (tertiary/aromatic N) is 1. The van der Waals surface area contributed by atoms with Crippen molar-refractivity contribution in [1.82, 2.24) is 0 Å². The van der Waals surface area contributed by atoms with Gasteiger partial charge in [0.05, 0.1) is 6.61 Å². The van der Waals surface area contributed by atoms with Crippen LogP contribution in [-0.4, -0.2) is 18.2 Å². The van der Waals surface area contributed by atoms with Crippen LogP contribution in [0.2, 0.25) is 5.02 Å². The van der Waals surface area contributed by atoms with Crippen molar-refractivity contribution in [2.75, 3.05) is 18.0 Å². The maximum atomic E-state index is 9.46. The lowest BCUT2D eigenvalue weighted by atomic mass is 9.85. The van der Waals surface area contributed by atoms with Gasteiger partial charge in [0.1, 0.15) is 0 Å². The van der Waals surface area contributed by atoms with E-state index in [0.717, 1.165) is 24.3 Å². The molecule has 1 aromatic carbocycles. The van der Waals surface area contributed by atoms with Crippen LogP contribution >= 0.6 is 11.6 Å². The Morgan fingerprint density at radius 1 is 1.28 bits per heavy atom. The lowest BCUT2D eigenvalue weighted by Crippen LogP contribution is -2.26. The van der Waals surface area contributed by atoms with Gasteiger partial charge in [0.2, 0.25) is 0 Å². The predicted molar refractivity (Wildman–Crippen MR) is 77.2 cm³/mol. The number of anilines is 1.